The molecule has 0 saturated heterocycles. The minimum absolute atomic E-state index is 0.398. The zero-order valence-electron chi connectivity index (χ0n) is 15.5. The van der Waals surface area contributed by atoms with Crippen LogP contribution in [-0.2, 0) is 13.6 Å². The van der Waals surface area contributed by atoms with Crippen molar-refractivity contribution in [3.8, 4) is 5.75 Å². The molecule has 0 saturated carbocycles. The van der Waals surface area contributed by atoms with E-state index in [1.165, 1.54) is 0 Å². The topological polar surface area (TPSA) is 56.8 Å². The van der Waals surface area contributed by atoms with Gasteiger partial charge >= 0.3 is 7.60 Å². The van der Waals surface area contributed by atoms with E-state index in [2.05, 4.69) is 5.32 Å². The van der Waals surface area contributed by atoms with E-state index in [-0.39, 0.29) is 0 Å². The number of ether oxygens (including phenoxy) is 1. The number of unbranched alkanes of at least 4 members (excludes halogenated alkanes) is 1. The summed E-state index contributed by atoms with van der Waals surface area (Å²) in [6, 6.07) is 17.9. The lowest BCUT2D eigenvalue weighted by atomic mass is 10.2. The first-order valence-corrected chi connectivity index (χ1v) is 10.8. The fourth-order valence-corrected chi connectivity index (χ4v) is 4.24. The third kappa shape index (κ3) is 7.20. The second-order valence-electron chi connectivity index (χ2n) is 5.74. The Morgan fingerprint density at radius 1 is 0.885 bits per heavy atom. The molecule has 0 aliphatic carbocycles. The normalized spacial score (nSPS) is 11.3. The molecule has 1 N–H and O–H groups in total. The average molecular weight is 377 g/mol. The van der Waals surface area contributed by atoms with Crippen LogP contribution in [0.2, 0.25) is 0 Å². The lowest BCUT2D eigenvalue weighted by Crippen LogP contribution is -2.03. The molecule has 2 rings (SSSR count). The molecule has 0 heterocycles. The van der Waals surface area contributed by atoms with Gasteiger partial charge in [0.15, 0.2) is 0 Å². The molecule has 0 spiro atoms. The van der Waals surface area contributed by atoms with Crippen LogP contribution in [0.4, 0.5) is 11.4 Å². The summed E-state index contributed by atoms with van der Waals surface area (Å²) in [5.41, 5.74) is 2.01. The Morgan fingerprint density at radius 2 is 1.58 bits per heavy atom. The molecule has 26 heavy (non-hydrogen) atoms. The van der Waals surface area contributed by atoms with E-state index in [1.54, 1.807) is 0 Å². The number of para-hydroxylation sites is 1. The van der Waals surface area contributed by atoms with Crippen molar-refractivity contribution in [3.05, 3.63) is 54.6 Å². The molecule has 0 bridgehead atoms. The molecule has 2 aromatic carbocycles. The third-order valence-electron chi connectivity index (χ3n) is 3.64. The lowest BCUT2D eigenvalue weighted by Gasteiger charge is -2.16. The van der Waals surface area contributed by atoms with Crippen molar-refractivity contribution >= 4 is 19.0 Å². The Labute approximate surface area is 156 Å². The van der Waals surface area contributed by atoms with Crippen molar-refractivity contribution in [2.45, 2.75) is 26.7 Å². The molecule has 6 heteroatoms. The molecule has 0 aromatic heterocycles. The number of hydrogen-bond acceptors (Lipinski definition) is 5. The number of anilines is 2. The smallest absolute Gasteiger partial charge is 0.330 e. The van der Waals surface area contributed by atoms with E-state index < -0.39 is 7.60 Å². The van der Waals surface area contributed by atoms with Crippen molar-refractivity contribution in [2.24, 2.45) is 0 Å². The van der Waals surface area contributed by atoms with Gasteiger partial charge in [-0.05, 0) is 51.0 Å². The van der Waals surface area contributed by atoms with E-state index in [0.717, 1.165) is 30.0 Å². The van der Waals surface area contributed by atoms with Gasteiger partial charge in [0.2, 0.25) is 0 Å². The van der Waals surface area contributed by atoms with Crippen LogP contribution in [0.25, 0.3) is 0 Å². The molecular formula is C20H28NO4P. The van der Waals surface area contributed by atoms with E-state index in [9.17, 15) is 4.57 Å². The highest BCUT2D eigenvalue weighted by Crippen LogP contribution is 2.48. The quantitative estimate of drug-likeness (QED) is 0.371. The lowest BCUT2D eigenvalue weighted by molar-refractivity contribution is 0.218. The van der Waals surface area contributed by atoms with Crippen LogP contribution < -0.4 is 10.1 Å². The fourth-order valence-electron chi connectivity index (χ4n) is 2.51. The van der Waals surface area contributed by atoms with Crippen molar-refractivity contribution in [2.75, 3.05) is 31.3 Å². The first-order valence-electron chi connectivity index (χ1n) is 9.08. The van der Waals surface area contributed by atoms with Crippen LogP contribution in [0.1, 0.15) is 26.7 Å². The molecule has 0 atom stereocenters. The van der Waals surface area contributed by atoms with Crippen LogP contribution in [-0.4, -0.2) is 26.0 Å². The van der Waals surface area contributed by atoms with Gasteiger partial charge in [0.1, 0.15) is 5.75 Å². The third-order valence-corrected chi connectivity index (χ3v) is 5.81. The molecule has 142 valence electrons. The summed E-state index contributed by atoms with van der Waals surface area (Å²) >= 11 is 0. The zero-order chi connectivity index (χ0) is 18.7. The van der Waals surface area contributed by atoms with Crippen LogP contribution in [0.3, 0.4) is 0 Å². The highest BCUT2D eigenvalue weighted by Gasteiger charge is 2.22. The van der Waals surface area contributed by atoms with E-state index in [4.69, 9.17) is 13.8 Å². The summed E-state index contributed by atoms with van der Waals surface area (Å²) in [7, 11) is -2.94. The molecule has 0 unspecified atom stereocenters. The van der Waals surface area contributed by atoms with Gasteiger partial charge < -0.3 is 19.1 Å². The first-order chi connectivity index (χ1) is 12.6. The largest absolute Gasteiger partial charge is 0.494 e. The minimum Gasteiger partial charge on any atom is -0.494 e. The molecule has 2 aromatic rings. The Balaban J connectivity index is 1.76. The van der Waals surface area contributed by atoms with Gasteiger partial charge in [-0.1, -0.05) is 24.3 Å². The Hall–Kier alpha value is -1.81. The Bertz CT molecular complexity index is 683. The monoisotopic (exact) mass is 377 g/mol. The van der Waals surface area contributed by atoms with Crippen molar-refractivity contribution in [1.29, 1.82) is 0 Å². The van der Waals surface area contributed by atoms with Gasteiger partial charge in [-0.3, -0.25) is 4.57 Å². The summed E-state index contributed by atoms with van der Waals surface area (Å²) in [5.74, 6) is 0.809. The second kappa shape index (κ2) is 11.0. The Morgan fingerprint density at radius 3 is 2.27 bits per heavy atom. The number of rotatable bonds is 12. The molecule has 0 radical (unpaired) electrons. The summed E-state index contributed by atoms with van der Waals surface area (Å²) < 4.78 is 28.8. The molecule has 0 amide bonds. The standard InChI is InChI=1S/C20H28NO4P/c1-3-24-26(22,25-4-2)16-9-8-15-23-20-14-10-13-19(17-20)21-18-11-6-5-7-12-18/h5-7,10-14,17,21H,3-4,8-9,15-16H2,1-2H3. The number of nitrogens with one attached hydrogen (secondary N) is 1. The maximum atomic E-state index is 12.4. The zero-order valence-corrected chi connectivity index (χ0v) is 16.4. The van der Waals surface area contributed by atoms with Gasteiger partial charge in [-0.15, -0.1) is 0 Å². The van der Waals surface area contributed by atoms with Crippen molar-refractivity contribution in [3.63, 3.8) is 0 Å². The molecule has 0 aliphatic rings. The van der Waals surface area contributed by atoms with E-state index in [0.29, 0.717) is 26.0 Å². The summed E-state index contributed by atoms with van der Waals surface area (Å²) in [5, 5.41) is 3.34. The fraction of sp³-hybridized carbons (Fsp3) is 0.400. The van der Waals surface area contributed by atoms with Gasteiger partial charge in [0.05, 0.1) is 26.0 Å². The predicted octanol–water partition coefficient (Wildman–Crippen LogP) is 5.86. The SMILES string of the molecule is CCOP(=O)(CCCCOc1cccc(Nc2ccccc2)c1)OCC. The predicted molar refractivity (Wildman–Crippen MR) is 107 cm³/mol. The van der Waals surface area contributed by atoms with Crippen molar-refractivity contribution in [1.82, 2.24) is 0 Å². The molecule has 5 nitrogen and oxygen atoms in total. The number of hydrogen-bond donors (Lipinski definition) is 1. The number of benzene rings is 2. The van der Waals surface area contributed by atoms with Crippen LogP contribution in [0.5, 0.6) is 5.75 Å². The van der Waals surface area contributed by atoms with E-state index in [1.807, 2.05) is 68.4 Å². The summed E-state index contributed by atoms with van der Waals surface area (Å²) in [4.78, 5) is 0. The summed E-state index contributed by atoms with van der Waals surface area (Å²) in [6.45, 7) is 5.01. The minimum atomic E-state index is -2.94. The Kier molecular flexibility index (Phi) is 8.69. The van der Waals surface area contributed by atoms with Crippen LogP contribution in [0.15, 0.2) is 54.6 Å². The van der Waals surface area contributed by atoms with Gasteiger partial charge in [-0.2, -0.15) is 0 Å². The van der Waals surface area contributed by atoms with Crippen LogP contribution in [0, 0.1) is 0 Å². The van der Waals surface area contributed by atoms with Gasteiger partial charge in [0.25, 0.3) is 0 Å². The summed E-state index contributed by atoms with van der Waals surface area (Å²) in [6.07, 6.45) is 1.95. The van der Waals surface area contributed by atoms with E-state index >= 15 is 0 Å². The van der Waals surface area contributed by atoms with Crippen LogP contribution >= 0.6 is 7.60 Å². The highest BCUT2D eigenvalue weighted by atomic mass is 31.2. The van der Waals surface area contributed by atoms with Gasteiger partial charge in [0, 0.05) is 17.4 Å². The first kappa shape index (κ1) is 20.5. The van der Waals surface area contributed by atoms with Crippen molar-refractivity contribution < 1.29 is 18.3 Å². The second-order valence-corrected chi connectivity index (χ2v) is 7.93. The maximum absolute atomic E-state index is 12.4. The van der Waals surface area contributed by atoms with Gasteiger partial charge in [-0.25, -0.2) is 0 Å². The molecule has 0 fully saturated rings. The molecule has 0 aliphatic heterocycles. The highest BCUT2D eigenvalue weighted by molar-refractivity contribution is 7.53. The average Bonchev–Trinajstić information content (AvgIpc) is 2.63. The molecular weight excluding hydrogens is 349 g/mol. The maximum Gasteiger partial charge on any atom is 0.330 e.